The van der Waals surface area contributed by atoms with Crippen molar-refractivity contribution in [3.8, 4) is 21.8 Å². The number of halogens is 6. The molecule has 0 spiro atoms. The summed E-state index contributed by atoms with van der Waals surface area (Å²) in [5.41, 5.74) is 0.125. The summed E-state index contributed by atoms with van der Waals surface area (Å²) in [4.78, 5) is 4.09. The lowest BCUT2D eigenvalue weighted by Crippen LogP contribution is -2.17. The molecule has 5 rings (SSSR count). The highest BCUT2D eigenvalue weighted by atomic mass is 35.5. The standard InChI is InChI=1S/C22H10Cl2F4N4OS/c23-11-4-1-3-10(7-11)18-17(22(26,27)28)12(8-29-18)20-16(21-31-30-9-34-21)19(32-33-20)15-13(24)5-2-6-14(15)25/h1-9,18H. The number of nitrogens with zero attached hydrogens (tertiary/aromatic N) is 4. The van der Waals surface area contributed by atoms with Crippen molar-refractivity contribution in [2.45, 2.75) is 12.2 Å². The molecule has 34 heavy (non-hydrogen) atoms. The highest BCUT2D eigenvalue weighted by Crippen LogP contribution is 2.49. The normalized spacial score (nSPS) is 16.0. The van der Waals surface area contributed by atoms with Gasteiger partial charge in [0.05, 0.1) is 21.7 Å². The molecule has 12 heteroatoms. The second kappa shape index (κ2) is 8.61. The predicted octanol–water partition coefficient (Wildman–Crippen LogP) is 7.45. The summed E-state index contributed by atoms with van der Waals surface area (Å²) in [7, 11) is 0. The van der Waals surface area contributed by atoms with Gasteiger partial charge in [-0.1, -0.05) is 57.9 Å². The maximum atomic E-state index is 14.7. The van der Waals surface area contributed by atoms with Crippen LogP contribution in [0.25, 0.3) is 27.4 Å². The van der Waals surface area contributed by atoms with Crippen LogP contribution < -0.4 is 0 Å². The summed E-state index contributed by atoms with van der Waals surface area (Å²) in [5, 5.41) is 12.1. The van der Waals surface area contributed by atoms with Crippen LogP contribution in [0, 0.1) is 5.82 Å². The molecular formula is C22H10Cl2F4N4OS. The molecule has 0 aliphatic carbocycles. The molecule has 0 saturated carbocycles. The summed E-state index contributed by atoms with van der Waals surface area (Å²) in [5.74, 6) is -0.994. The average Bonchev–Trinajstić information content (AvgIpc) is 3.52. The Bertz CT molecular complexity index is 1430. The van der Waals surface area contributed by atoms with Gasteiger partial charge in [-0.15, -0.1) is 10.2 Å². The van der Waals surface area contributed by atoms with Crippen LogP contribution in [0.2, 0.25) is 10.0 Å². The van der Waals surface area contributed by atoms with E-state index in [1.165, 1.54) is 29.8 Å². The van der Waals surface area contributed by atoms with Gasteiger partial charge in [-0.25, -0.2) is 4.39 Å². The third-order valence-corrected chi connectivity index (χ3v) is 6.36. The van der Waals surface area contributed by atoms with Gasteiger partial charge in [0.25, 0.3) is 0 Å². The molecule has 0 radical (unpaired) electrons. The number of allylic oxidation sites excluding steroid dienone is 1. The van der Waals surface area contributed by atoms with Gasteiger partial charge in [-0.2, -0.15) is 13.2 Å². The van der Waals surface area contributed by atoms with Crippen LogP contribution in [0.3, 0.4) is 0 Å². The van der Waals surface area contributed by atoms with Crippen molar-refractivity contribution in [2.75, 3.05) is 0 Å². The highest BCUT2D eigenvalue weighted by Gasteiger charge is 2.46. The van der Waals surface area contributed by atoms with E-state index in [1.807, 2.05) is 0 Å². The van der Waals surface area contributed by atoms with Gasteiger partial charge in [0.2, 0.25) is 0 Å². The number of rotatable bonds is 4. The Morgan fingerprint density at radius 3 is 2.50 bits per heavy atom. The van der Waals surface area contributed by atoms with Crippen molar-refractivity contribution in [1.82, 2.24) is 15.4 Å². The Balaban J connectivity index is 1.77. The van der Waals surface area contributed by atoms with E-state index in [9.17, 15) is 17.6 Å². The van der Waals surface area contributed by atoms with E-state index >= 15 is 0 Å². The Labute approximate surface area is 203 Å². The molecule has 1 unspecified atom stereocenters. The lowest BCUT2D eigenvalue weighted by atomic mass is 9.94. The molecule has 4 aromatic rings. The van der Waals surface area contributed by atoms with E-state index in [2.05, 4.69) is 20.3 Å². The van der Waals surface area contributed by atoms with Crippen LogP contribution in [-0.4, -0.2) is 27.7 Å². The fraction of sp³-hybridized carbons (Fsp3) is 0.0909. The van der Waals surface area contributed by atoms with Crippen molar-refractivity contribution in [1.29, 1.82) is 0 Å². The van der Waals surface area contributed by atoms with Gasteiger partial charge in [-0.05, 0) is 29.8 Å². The molecule has 2 aromatic carbocycles. The molecule has 3 heterocycles. The van der Waals surface area contributed by atoms with E-state index in [0.29, 0.717) is 0 Å². The van der Waals surface area contributed by atoms with Crippen molar-refractivity contribution < 1.29 is 22.1 Å². The molecule has 0 bridgehead atoms. The quantitative estimate of drug-likeness (QED) is 0.260. The molecule has 5 nitrogen and oxygen atoms in total. The predicted molar refractivity (Wildman–Crippen MR) is 121 cm³/mol. The van der Waals surface area contributed by atoms with E-state index < -0.39 is 23.6 Å². The van der Waals surface area contributed by atoms with Crippen LogP contribution in [0.15, 0.2) is 63.1 Å². The molecule has 0 saturated heterocycles. The van der Waals surface area contributed by atoms with Crippen LogP contribution in [0.1, 0.15) is 17.4 Å². The van der Waals surface area contributed by atoms with Crippen LogP contribution in [0.4, 0.5) is 17.6 Å². The summed E-state index contributed by atoms with van der Waals surface area (Å²) < 4.78 is 63.1. The van der Waals surface area contributed by atoms with Gasteiger partial charge < -0.3 is 4.52 Å². The molecule has 0 amide bonds. The maximum absolute atomic E-state index is 14.7. The lowest BCUT2D eigenvalue weighted by molar-refractivity contribution is -0.0945. The minimum absolute atomic E-state index is 0.00697. The zero-order valence-corrected chi connectivity index (χ0v) is 19.0. The summed E-state index contributed by atoms with van der Waals surface area (Å²) in [6.07, 6.45) is -3.72. The van der Waals surface area contributed by atoms with E-state index in [4.69, 9.17) is 27.7 Å². The number of aliphatic imine (C=N–C) groups is 1. The number of hydrogen-bond donors (Lipinski definition) is 0. The van der Waals surface area contributed by atoms with Crippen molar-refractivity contribution in [3.63, 3.8) is 0 Å². The summed E-state index contributed by atoms with van der Waals surface area (Å²) in [6.45, 7) is 0. The molecular weight excluding hydrogens is 515 g/mol. The van der Waals surface area contributed by atoms with Gasteiger partial charge in [-0.3, -0.25) is 4.99 Å². The maximum Gasteiger partial charge on any atom is 0.415 e. The largest absolute Gasteiger partial charge is 0.415 e. The number of aromatic nitrogens is 3. The molecule has 1 aliphatic rings. The average molecular weight is 525 g/mol. The fourth-order valence-electron chi connectivity index (χ4n) is 3.71. The summed E-state index contributed by atoms with van der Waals surface area (Å²) in [6, 6.07) is 8.62. The molecule has 0 fully saturated rings. The first-order valence-electron chi connectivity index (χ1n) is 9.56. The van der Waals surface area contributed by atoms with E-state index in [1.54, 1.807) is 12.1 Å². The zero-order chi connectivity index (χ0) is 24.0. The number of benzene rings is 2. The van der Waals surface area contributed by atoms with Crippen LogP contribution >= 0.6 is 34.5 Å². The Hall–Kier alpha value is -3.08. The first-order chi connectivity index (χ1) is 16.3. The van der Waals surface area contributed by atoms with Gasteiger partial charge in [0.1, 0.15) is 23.1 Å². The SMILES string of the molecule is Fc1cccc(Cl)c1-c1noc(C2=C(C(F)(F)F)C(c3cccc(Cl)c3)N=C2)c1-c1nncs1. The first kappa shape index (κ1) is 22.7. The zero-order valence-electron chi connectivity index (χ0n) is 16.6. The number of hydrogen-bond acceptors (Lipinski definition) is 6. The smallest absolute Gasteiger partial charge is 0.355 e. The molecule has 172 valence electrons. The minimum Gasteiger partial charge on any atom is -0.355 e. The van der Waals surface area contributed by atoms with Gasteiger partial charge >= 0.3 is 6.18 Å². The van der Waals surface area contributed by atoms with Crippen molar-refractivity contribution in [2.24, 2.45) is 4.99 Å². The van der Waals surface area contributed by atoms with Gasteiger partial charge in [0, 0.05) is 16.8 Å². The Kier molecular flexibility index (Phi) is 5.75. The topological polar surface area (TPSA) is 64.2 Å². The minimum atomic E-state index is -4.78. The van der Waals surface area contributed by atoms with Crippen molar-refractivity contribution in [3.05, 3.63) is 80.7 Å². The Morgan fingerprint density at radius 2 is 1.82 bits per heavy atom. The van der Waals surface area contributed by atoms with E-state index in [-0.39, 0.29) is 48.8 Å². The monoisotopic (exact) mass is 524 g/mol. The molecule has 1 atom stereocenters. The highest BCUT2D eigenvalue weighted by molar-refractivity contribution is 7.12. The van der Waals surface area contributed by atoms with Gasteiger partial charge in [0.15, 0.2) is 10.8 Å². The molecule has 0 N–H and O–H groups in total. The van der Waals surface area contributed by atoms with Crippen molar-refractivity contribution >= 4 is 46.3 Å². The third-order valence-electron chi connectivity index (χ3n) is 5.10. The first-order valence-corrected chi connectivity index (χ1v) is 11.2. The van der Waals surface area contributed by atoms with Crippen LogP contribution in [0.5, 0.6) is 0 Å². The Morgan fingerprint density at radius 1 is 1.03 bits per heavy atom. The van der Waals surface area contributed by atoms with E-state index in [0.717, 1.165) is 23.6 Å². The lowest BCUT2D eigenvalue weighted by Gasteiger charge is -2.17. The fourth-order valence-corrected chi connectivity index (χ4v) is 4.75. The summed E-state index contributed by atoms with van der Waals surface area (Å²) >= 11 is 13.2. The second-order valence-corrected chi connectivity index (χ2v) is 8.81. The second-order valence-electron chi connectivity index (χ2n) is 7.14. The third kappa shape index (κ3) is 3.91. The molecule has 2 aromatic heterocycles. The van der Waals surface area contributed by atoms with Crippen LogP contribution in [-0.2, 0) is 0 Å². The number of alkyl halides is 3. The molecule has 1 aliphatic heterocycles.